The van der Waals surface area contributed by atoms with E-state index in [9.17, 15) is 13.5 Å². The summed E-state index contributed by atoms with van der Waals surface area (Å²) in [6.07, 6.45) is 0. The maximum atomic E-state index is 12.0. The molecule has 0 aromatic heterocycles. The Bertz CT molecular complexity index is 591. The minimum absolute atomic E-state index is 0.0945. The van der Waals surface area contributed by atoms with Crippen LogP contribution in [0.4, 0.5) is 0 Å². The smallest absolute Gasteiger partial charge is 0.179 e. The highest BCUT2D eigenvalue weighted by molar-refractivity contribution is 7.91. The zero-order chi connectivity index (χ0) is 15.2. The topological polar surface area (TPSA) is 110 Å². The Labute approximate surface area is 118 Å². The Hall–Kier alpha value is -1.46. The van der Waals surface area contributed by atoms with Crippen LogP contribution in [-0.4, -0.2) is 49.7 Å². The van der Waals surface area contributed by atoms with Crippen LogP contribution in [0, 0.1) is 11.3 Å². The molecule has 20 heavy (non-hydrogen) atoms. The molecule has 0 saturated carbocycles. The SMILES string of the molecule is CC(O)(CO)CNCCS(=O)(=O)c1cccc(C#N)c1. The van der Waals surface area contributed by atoms with Crippen LogP contribution in [0.5, 0.6) is 0 Å². The standard InChI is InChI=1S/C13H18N2O4S/c1-13(17,10-16)9-15-5-6-20(18,19)12-4-2-3-11(7-12)8-14/h2-4,7,15-17H,5-6,9-10H2,1H3. The van der Waals surface area contributed by atoms with Gasteiger partial charge in [0.2, 0.25) is 0 Å². The van der Waals surface area contributed by atoms with Gasteiger partial charge in [-0.1, -0.05) is 6.07 Å². The third-order valence-electron chi connectivity index (χ3n) is 2.72. The number of nitrogens with one attached hydrogen (secondary N) is 1. The number of aliphatic hydroxyl groups excluding tert-OH is 1. The minimum Gasteiger partial charge on any atom is -0.393 e. The molecule has 3 N–H and O–H groups in total. The second-order valence-corrected chi connectivity index (χ2v) is 6.90. The van der Waals surface area contributed by atoms with Gasteiger partial charge in [0.15, 0.2) is 9.84 Å². The van der Waals surface area contributed by atoms with Gasteiger partial charge in [-0.2, -0.15) is 5.26 Å². The van der Waals surface area contributed by atoms with Crippen molar-refractivity contribution < 1.29 is 18.6 Å². The van der Waals surface area contributed by atoms with Crippen molar-refractivity contribution in [3.8, 4) is 6.07 Å². The molecule has 0 aliphatic carbocycles. The highest BCUT2D eigenvalue weighted by Crippen LogP contribution is 2.12. The Kier molecular flexibility index (Phi) is 5.65. The summed E-state index contributed by atoms with van der Waals surface area (Å²) in [5.41, 5.74) is -0.980. The molecule has 0 amide bonds. The molecule has 1 atom stereocenters. The summed E-state index contributed by atoms with van der Waals surface area (Å²) in [7, 11) is -3.48. The molecule has 7 heteroatoms. The number of benzene rings is 1. The summed E-state index contributed by atoms with van der Waals surface area (Å²) >= 11 is 0. The molecule has 1 aromatic rings. The highest BCUT2D eigenvalue weighted by Gasteiger charge is 2.19. The average Bonchev–Trinajstić information content (AvgIpc) is 2.44. The van der Waals surface area contributed by atoms with Crippen LogP contribution < -0.4 is 5.32 Å². The molecule has 1 rings (SSSR count). The van der Waals surface area contributed by atoms with E-state index in [0.29, 0.717) is 5.56 Å². The van der Waals surface area contributed by atoms with Crippen LogP contribution in [-0.2, 0) is 9.84 Å². The number of nitrogens with zero attached hydrogens (tertiary/aromatic N) is 1. The Balaban J connectivity index is 2.60. The quantitative estimate of drug-likeness (QED) is 0.594. The van der Waals surface area contributed by atoms with E-state index in [1.807, 2.05) is 6.07 Å². The lowest BCUT2D eigenvalue weighted by molar-refractivity contribution is 0.00322. The van der Waals surface area contributed by atoms with Crippen LogP contribution in [0.15, 0.2) is 29.2 Å². The lowest BCUT2D eigenvalue weighted by Gasteiger charge is -2.20. The predicted octanol–water partition coefficient (Wildman–Crippen LogP) is -0.335. The third-order valence-corrected chi connectivity index (χ3v) is 4.43. The van der Waals surface area contributed by atoms with E-state index in [4.69, 9.17) is 10.4 Å². The molecule has 6 nitrogen and oxygen atoms in total. The van der Waals surface area contributed by atoms with Crippen molar-refractivity contribution >= 4 is 9.84 Å². The maximum Gasteiger partial charge on any atom is 0.179 e. The van der Waals surface area contributed by atoms with Crippen LogP contribution in [0.25, 0.3) is 0 Å². The number of hydrogen-bond donors (Lipinski definition) is 3. The van der Waals surface area contributed by atoms with Gasteiger partial charge in [-0.15, -0.1) is 0 Å². The van der Waals surface area contributed by atoms with Gasteiger partial charge in [0.1, 0.15) is 0 Å². The lowest BCUT2D eigenvalue weighted by Crippen LogP contribution is -2.42. The highest BCUT2D eigenvalue weighted by atomic mass is 32.2. The molecule has 0 heterocycles. The summed E-state index contributed by atoms with van der Waals surface area (Å²) in [6.45, 7) is 1.29. The molecule has 110 valence electrons. The van der Waals surface area contributed by atoms with Gasteiger partial charge < -0.3 is 15.5 Å². The Morgan fingerprint density at radius 3 is 2.75 bits per heavy atom. The zero-order valence-corrected chi connectivity index (χ0v) is 12.0. The van der Waals surface area contributed by atoms with Crippen LogP contribution >= 0.6 is 0 Å². The monoisotopic (exact) mass is 298 g/mol. The summed E-state index contributed by atoms with van der Waals surface area (Å²) in [5.74, 6) is -0.149. The van der Waals surface area contributed by atoms with E-state index >= 15 is 0 Å². The molecule has 0 aliphatic heterocycles. The largest absolute Gasteiger partial charge is 0.393 e. The van der Waals surface area contributed by atoms with Crippen molar-refractivity contribution in [2.75, 3.05) is 25.4 Å². The Morgan fingerprint density at radius 2 is 2.15 bits per heavy atom. The van der Waals surface area contributed by atoms with Crippen molar-refractivity contribution in [3.63, 3.8) is 0 Å². The van der Waals surface area contributed by atoms with Gasteiger partial charge in [0.05, 0.1) is 34.5 Å². The fraction of sp³-hybridized carbons (Fsp3) is 0.462. The average molecular weight is 298 g/mol. The molecule has 0 aliphatic rings. The van der Waals surface area contributed by atoms with Crippen molar-refractivity contribution in [1.82, 2.24) is 5.32 Å². The molecule has 0 saturated heterocycles. The van der Waals surface area contributed by atoms with E-state index in [-0.39, 0.29) is 23.7 Å². The van der Waals surface area contributed by atoms with E-state index < -0.39 is 22.0 Å². The van der Waals surface area contributed by atoms with Crippen LogP contribution in [0.1, 0.15) is 12.5 Å². The number of hydrogen-bond acceptors (Lipinski definition) is 6. The molecular formula is C13H18N2O4S. The van der Waals surface area contributed by atoms with Crippen LogP contribution in [0.3, 0.4) is 0 Å². The molecule has 0 spiro atoms. The fourth-order valence-electron chi connectivity index (χ4n) is 1.50. The molecule has 0 bridgehead atoms. The number of rotatable bonds is 7. The minimum atomic E-state index is -3.48. The first-order chi connectivity index (χ1) is 9.30. The van der Waals surface area contributed by atoms with Gasteiger partial charge in [-0.3, -0.25) is 0 Å². The van der Waals surface area contributed by atoms with Gasteiger partial charge >= 0.3 is 0 Å². The number of sulfone groups is 1. The molecule has 0 fully saturated rings. The van der Waals surface area contributed by atoms with E-state index in [1.54, 1.807) is 0 Å². The lowest BCUT2D eigenvalue weighted by atomic mass is 10.1. The summed E-state index contributed by atoms with van der Waals surface area (Å²) in [4.78, 5) is 0.104. The van der Waals surface area contributed by atoms with Gasteiger partial charge in [-0.25, -0.2) is 8.42 Å². The van der Waals surface area contributed by atoms with Gasteiger partial charge in [-0.05, 0) is 25.1 Å². The molecule has 1 aromatic carbocycles. The zero-order valence-electron chi connectivity index (χ0n) is 11.2. The first kappa shape index (κ1) is 16.6. The molecular weight excluding hydrogens is 280 g/mol. The number of aliphatic hydroxyl groups is 2. The van der Waals surface area contributed by atoms with Gasteiger partial charge in [0.25, 0.3) is 0 Å². The molecule has 0 radical (unpaired) electrons. The summed E-state index contributed by atoms with van der Waals surface area (Å²) < 4.78 is 24.1. The van der Waals surface area contributed by atoms with E-state index in [2.05, 4.69) is 5.32 Å². The van der Waals surface area contributed by atoms with E-state index in [1.165, 1.54) is 31.2 Å². The van der Waals surface area contributed by atoms with Gasteiger partial charge in [0, 0.05) is 13.1 Å². The second-order valence-electron chi connectivity index (χ2n) is 4.79. The Morgan fingerprint density at radius 1 is 1.45 bits per heavy atom. The fourth-order valence-corrected chi connectivity index (χ4v) is 2.74. The maximum absolute atomic E-state index is 12.0. The summed E-state index contributed by atoms with van der Waals surface area (Å²) in [6, 6.07) is 7.73. The van der Waals surface area contributed by atoms with Crippen molar-refractivity contribution in [2.45, 2.75) is 17.4 Å². The first-order valence-electron chi connectivity index (χ1n) is 6.08. The first-order valence-corrected chi connectivity index (χ1v) is 7.73. The number of nitriles is 1. The summed E-state index contributed by atoms with van der Waals surface area (Å²) in [5, 5.41) is 29.9. The third kappa shape index (κ3) is 4.90. The molecule has 1 unspecified atom stereocenters. The van der Waals surface area contributed by atoms with Crippen LogP contribution in [0.2, 0.25) is 0 Å². The van der Waals surface area contributed by atoms with Crippen molar-refractivity contribution in [3.05, 3.63) is 29.8 Å². The van der Waals surface area contributed by atoms with E-state index in [0.717, 1.165) is 0 Å². The van der Waals surface area contributed by atoms with Crippen molar-refractivity contribution in [1.29, 1.82) is 5.26 Å². The predicted molar refractivity (Wildman–Crippen MR) is 73.8 cm³/mol. The normalized spacial score (nSPS) is 14.5. The van der Waals surface area contributed by atoms with Crippen molar-refractivity contribution in [2.24, 2.45) is 0 Å². The second kappa shape index (κ2) is 6.81.